The van der Waals surface area contributed by atoms with Crippen molar-refractivity contribution in [2.75, 3.05) is 70.9 Å². The molecule has 1 aliphatic carbocycles. The van der Waals surface area contributed by atoms with Crippen molar-refractivity contribution in [3.8, 4) is 11.5 Å². The zero-order valence-corrected chi connectivity index (χ0v) is 25.2. The van der Waals surface area contributed by atoms with Gasteiger partial charge in [0.15, 0.2) is 11.3 Å². The number of nitrogens with zero attached hydrogens (tertiary/aromatic N) is 6. The van der Waals surface area contributed by atoms with E-state index in [0.717, 1.165) is 81.6 Å². The summed E-state index contributed by atoms with van der Waals surface area (Å²) < 4.78 is 19.2. The summed E-state index contributed by atoms with van der Waals surface area (Å²) in [6.07, 6.45) is 8.74. The number of likely N-dealkylation sites (tertiary alicyclic amines) is 1. The number of hydrogen-bond acceptors (Lipinski definition) is 10. The summed E-state index contributed by atoms with van der Waals surface area (Å²) in [6.45, 7) is 8.03. The molecular weight excluding hydrogens is 534 g/mol. The van der Waals surface area contributed by atoms with Gasteiger partial charge in [0.25, 0.3) is 0 Å². The molecule has 0 unspecified atom stereocenters. The van der Waals surface area contributed by atoms with Crippen molar-refractivity contribution in [2.24, 2.45) is 5.41 Å². The molecule has 4 heterocycles. The maximum Gasteiger partial charge on any atom is 0.222 e. The number of unbranched alkanes of at least 4 members (excludes halogenated alkanes) is 1. The van der Waals surface area contributed by atoms with Crippen LogP contribution in [0.15, 0.2) is 18.3 Å². The third-order valence-corrected chi connectivity index (χ3v) is 9.47. The average Bonchev–Trinajstić information content (AvgIpc) is 3.35. The number of nitrogen functional groups attached to an aromatic ring is 1. The average molecular weight is 580 g/mol. The minimum atomic E-state index is 0.0227. The lowest BCUT2D eigenvalue weighted by Crippen LogP contribution is -2.60. The van der Waals surface area contributed by atoms with Gasteiger partial charge in [-0.1, -0.05) is 13.3 Å². The van der Waals surface area contributed by atoms with Gasteiger partial charge in [0.2, 0.25) is 5.95 Å². The number of fused-ring (bicyclic) bond motifs is 1. The van der Waals surface area contributed by atoms with Gasteiger partial charge in [-0.3, -0.25) is 4.68 Å². The third-order valence-electron chi connectivity index (χ3n) is 9.47. The first-order valence-corrected chi connectivity index (χ1v) is 15.4. The number of piperidine rings is 1. The van der Waals surface area contributed by atoms with Crippen LogP contribution in [0, 0.1) is 5.41 Å². The number of nitrogens with two attached hydrogens (primary N) is 1. The molecule has 3 N–H and O–H groups in total. The van der Waals surface area contributed by atoms with Gasteiger partial charge in [-0.05, 0) is 63.2 Å². The Morgan fingerprint density at radius 3 is 2.50 bits per heavy atom. The highest BCUT2D eigenvalue weighted by molar-refractivity contribution is 5.86. The van der Waals surface area contributed by atoms with E-state index >= 15 is 0 Å². The zero-order chi connectivity index (χ0) is 29.3. The van der Waals surface area contributed by atoms with Crippen LogP contribution < -0.4 is 20.1 Å². The van der Waals surface area contributed by atoms with E-state index in [1.54, 1.807) is 14.2 Å². The summed E-state index contributed by atoms with van der Waals surface area (Å²) in [6, 6.07) is 4.99. The Balaban J connectivity index is 1.20. The quantitative estimate of drug-likeness (QED) is 0.330. The van der Waals surface area contributed by atoms with Crippen molar-refractivity contribution >= 4 is 22.8 Å². The molecule has 2 aliphatic heterocycles. The Morgan fingerprint density at radius 2 is 1.86 bits per heavy atom. The van der Waals surface area contributed by atoms with Gasteiger partial charge < -0.3 is 34.9 Å². The van der Waals surface area contributed by atoms with E-state index in [0.29, 0.717) is 41.3 Å². The highest BCUT2D eigenvalue weighted by Gasteiger charge is 2.51. The maximum atomic E-state index is 9.67. The molecule has 0 bridgehead atoms. The van der Waals surface area contributed by atoms with Crippen LogP contribution in [0.4, 0.5) is 11.8 Å². The Morgan fingerprint density at radius 1 is 1.10 bits per heavy atom. The summed E-state index contributed by atoms with van der Waals surface area (Å²) in [4.78, 5) is 13.7. The molecule has 1 aromatic carbocycles. The largest absolute Gasteiger partial charge is 0.496 e. The molecule has 2 aromatic heterocycles. The van der Waals surface area contributed by atoms with Crippen molar-refractivity contribution < 1.29 is 19.3 Å². The number of aliphatic hydroxyl groups is 1. The van der Waals surface area contributed by atoms with Gasteiger partial charge in [0, 0.05) is 35.7 Å². The lowest BCUT2D eigenvalue weighted by atomic mass is 9.63. The molecule has 11 nitrogen and oxygen atoms in total. The van der Waals surface area contributed by atoms with E-state index < -0.39 is 0 Å². The number of ether oxygens (including phenoxy) is 3. The summed E-state index contributed by atoms with van der Waals surface area (Å²) >= 11 is 0. The minimum absolute atomic E-state index is 0.0227. The van der Waals surface area contributed by atoms with Crippen molar-refractivity contribution in [3.63, 3.8) is 0 Å². The Kier molecular flexibility index (Phi) is 8.42. The van der Waals surface area contributed by atoms with E-state index in [-0.39, 0.29) is 12.6 Å². The van der Waals surface area contributed by atoms with E-state index in [9.17, 15) is 5.11 Å². The predicted octanol–water partition coefficient (Wildman–Crippen LogP) is 3.43. The number of hydrogen-bond donors (Lipinski definition) is 2. The van der Waals surface area contributed by atoms with Gasteiger partial charge in [-0.2, -0.15) is 10.1 Å². The third kappa shape index (κ3) is 5.61. The zero-order valence-electron chi connectivity index (χ0n) is 25.2. The van der Waals surface area contributed by atoms with Crippen molar-refractivity contribution in [1.82, 2.24) is 24.6 Å². The molecule has 0 amide bonds. The van der Waals surface area contributed by atoms with Crippen LogP contribution in [0.25, 0.3) is 11.0 Å². The summed E-state index contributed by atoms with van der Waals surface area (Å²) in [5.74, 6) is 3.01. The van der Waals surface area contributed by atoms with Gasteiger partial charge in [0.1, 0.15) is 17.0 Å². The Hall–Kier alpha value is -3.15. The number of methoxy groups -OCH3 is 2. The van der Waals surface area contributed by atoms with Crippen LogP contribution in [0.3, 0.4) is 0 Å². The molecule has 11 heteroatoms. The second kappa shape index (κ2) is 12.2. The Labute approximate surface area is 247 Å². The van der Waals surface area contributed by atoms with Gasteiger partial charge >= 0.3 is 0 Å². The highest BCUT2D eigenvalue weighted by atomic mass is 16.5. The van der Waals surface area contributed by atoms with Gasteiger partial charge in [0.05, 0.1) is 46.8 Å². The SMILES string of the molecule is CCCCN(CCO)c1nc(N)nc2cn(Cc3cc(OC)c(C4CCN(C5CC6(COC6)C5)CC4)cc3OC)nc12. The van der Waals surface area contributed by atoms with E-state index in [2.05, 4.69) is 33.9 Å². The van der Waals surface area contributed by atoms with Crippen LogP contribution in [0.2, 0.25) is 0 Å². The second-order valence-corrected chi connectivity index (χ2v) is 12.3. The van der Waals surface area contributed by atoms with Crippen LogP contribution >= 0.6 is 0 Å². The molecular formula is C31H45N7O4. The summed E-state index contributed by atoms with van der Waals surface area (Å²) in [5, 5.41) is 14.5. The summed E-state index contributed by atoms with van der Waals surface area (Å²) in [5.41, 5.74) is 10.1. The topological polar surface area (TPSA) is 124 Å². The molecule has 2 saturated heterocycles. The lowest BCUT2D eigenvalue weighted by Gasteiger charge is -2.57. The first-order chi connectivity index (χ1) is 20.5. The smallest absolute Gasteiger partial charge is 0.222 e. The highest BCUT2D eigenvalue weighted by Crippen LogP contribution is 2.50. The molecule has 3 aliphatic rings. The lowest BCUT2D eigenvalue weighted by molar-refractivity contribution is -0.185. The van der Waals surface area contributed by atoms with Crippen LogP contribution in [0.5, 0.6) is 11.5 Å². The van der Waals surface area contributed by atoms with Crippen molar-refractivity contribution in [2.45, 2.75) is 64.0 Å². The molecule has 228 valence electrons. The monoisotopic (exact) mass is 579 g/mol. The van der Waals surface area contributed by atoms with E-state index in [1.807, 2.05) is 15.8 Å². The number of aromatic nitrogens is 4. The molecule has 42 heavy (non-hydrogen) atoms. The molecule has 6 rings (SSSR count). The first-order valence-electron chi connectivity index (χ1n) is 15.4. The van der Waals surface area contributed by atoms with Crippen LogP contribution in [0.1, 0.15) is 62.5 Å². The number of aliphatic hydroxyl groups excluding tert-OH is 1. The standard InChI is InChI=1S/C31H45N7O4/c1-4-5-8-37(11-12-39)29-28-25(33-30(32)34-29)18-38(35-28)17-22-13-27(41-3)24(14-26(22)40-2)21-6-9-36(10-7-21)23-15-31(16-23)19-42-20-31/h13-14,18,21,23,39H,4-12,15-17,19-20H2,1-3H3,(H2,32,33). The molecule has 1 spiro atoms. The first kappa shape index (κ1) is 28.9. The van der Waals surface area contributed by atoms with Crippen LogP contribution in [-0.2, 0) is 11.3 Å². The Bertz CT molecular complexity index is 1380. The van der Waals surface area contributed by atoms with E-state index in [4.69, 9.17) is 25.0 Å². The minimum Gasteiger partial charge on any atom is -0.496 e. The normalized spacial score (nSPS) is 19.1. The van der Waals surface area contributed by atoms with Crippen molar-refractivity contribution in [1.29, 1.82) is 0 Å². The fourth-order valence-corrected chi connectivity index (χ4v) is 7.06. The summed E-state index contributed by atoms with van der Waals surface area (Å²) in [7, 11) is 3.47. The molecule has 3 aromatic rings. The van der Waals surface area contributed by atoms with Crippen LogP contribution in [-0.4, -0.2) is 96.0 Å². The molecule has 1 saturated carbocycles. The second-order valence-electron chi connectivity index (χ2n) is 12.3. The number of rotatable bonds is 12. The van der Waals surface area contributed by atoms with E-state index in [1.165, 1.54) is 18.4 Å². The van der Waals surface area contributed by atoms with Crippen molar-refractivity contribution in [3.05, 3.63) is 29.5 Å². The fraction of sp³-hybridized carbons (Fsp3) is 0.645. The fourth-order valence-electron chi connectivity index (χ4n) is 7.06. The number of anilines is 2. The molecule has 3 fully saturated rings. The van der Waals surface area contributed by atoms with Gasteiger partial charge in [-0.15, -0.1) is 0 Å². The molecule has 0 atom stereocenters. The molecule has 0 radical (unpaired) electrons. The van der Waals surface area contributed by atoms with Gasteiger partial charge in [-0.25, -0.2) is 4.98 Å². The number of benzene rings is 1. The maximum absolute atomic E-state index is 9.67. The predicted molar refractivity (Wildman–Crippen MR) is 162 cm³/mol.